The molecular formula is C22H17FN2OS. The number of thiazole rings is 1. The Kier molecular flexibility index (Phi) is 4.46. The summed E-state index contributed by atoms with van der Waals surface area (Å²) in [4.78, 5) is 19.4. The molecule has 0 saturated carbocycles. The van der Waals surface area contributed by atoms with E-state index in [9.17, 15) is 9.18 Å². The molecule has 3 aromatic carbocycles. The molecule has 0 saturated heterocycles. The van der Waals surface area contributed by atoms with Gasteiger partial charge in [-0.3, -0.25) is 9.69 Å². The van der Waals surface area contributed by atoms with Crippen molar-refractivity contribution in [2.24, 2.45) is 0 Å². The molecule has 5 heteroatoms. The Bertz CT molecular complexity index is 1100. The number of carbonyl (C=O) groups excluding carboxylic acids is 1. The van der Waals surface area contributed by atoms with Crippen LogP contribution in [0.2, 0.25) is 0 Å². The Morgan fingerprint density at radius 2 is 1.63 bits per heavy atom. The SMILES string of the molecule is Cc1cc(C)cc(N(C(=O)c2ccccc2F)c2nc3ccccc3s2)c1. The first-order valence-corrected chi connectivity index (χ1v) is 9.37. The first-order chi connectivity index (χ1) is 13.0. The topological polar surface area (TPSA) is 33.2 Å². The number of anilines is 2. The van der Waals surface area contributed by atoms with Crippen LogP contribution in [0.15, 0.2) is 66.7 Å². The summed E-state index contributed by atoms with van der Waals surface area (Å²) in [5, 5.41) is 0.523. The number of fused-ring (bicyclic) bond motifs is 1. The van der Waals surface area contributed by atoms with Gasteiger partial charge in [0, 0.05) is 0 Å². The minimum absolute atomic E-state index is 0.0240. The zero-order chi connectivity index (χ0) is 19.0. The molecule has 4 aromatic rings. The minimum Gasteiger partial charge on any atom is -0.268 e. The molecule has 4 rings (SSSR count). The number of aromatic nitrogens is 1. The van der Waals surface area contributed by atoms with E-state index in [1.807, 2.05) is 56.3 Å². The van der Waals surface area contributed by atoms with Gasteiger partial charge in [-0.1, -0.05) is 41.7 Å². The smallest absolute Gasteiger partial charge is 0.267 e. The van der Waals surface area contributed by atoms with Gasteiger partial charge in [-0.05, 0) is 61.4 Å². The summed E-state index contributed by atoms with van der Waals surface area (Å²) in [6, 6.07) is 19.6. The molecule has 0 spiro atoms. The van der Waals surface area contributed by atoms with Gasteiger partial charge in [0.05, 0.1) is 21.5 Å². The lowest BCUT2D eigenvalue weighted by Gasteiger charge is -2.21. The molecule has 1 amide bonds. The summed E-state index contributed by atoms with van der Waals surface area (Å²) < 4.78 is 15.3. The highest BCUT2D eigenvalue weighted by molar-refractivity contribution is 7.22. The molecule has 0 fully saturated rings. The largest absolute Gasteiger partial charge is 0.268 e. The van der Waals surface area contributed by atoms with Gasteiger partial charge in [0.15, 0.2) is 5.13 Å². The fraction of sp³-hybridized carbons (Fsp3) is 0.0909. The van der Waals surface area contributed by atoms with Gasteiger partial charge in [-0.15, -0.1) is 0 Å². The van der Waals surface area contributed by atoms with Crippen LogP contribution in [0, 0.1) is 19.7 Å². The van der Waals surface area contributed by atoms with E-state index < -0.39 is 11.7 Å². The van der Waals surface area contributed by atoms with E-state index in [4.69, 9.17) is 0 Å². The Morgan fingerprint density at radius 1 is 0.963 bits per heavy atom. The number of halogens is 1. The molecule has 0 aliphatic rings. The van der Waals surface area contributed by atoms with Crippen LogP contribution in [0.1, 0.15) is 21.5 Å². The number of nitrogens with zero attached hydrogens (tertiary/aromatic N) is 2. The van der Waals surface area contributed by atoms with Gasteiger partial charge < -0.3 is 0 Å². The van der Waals surface area contributed by atoms with Crippen LogP contribution in [0.25, 0.3) is 10.2 Å². The average molecular weight is 376 g/mol. The van der Waals surface area contributed by atoms with E-state index in [2.05, 4.69) is 4.98 Å². The molecule has 0 radical (unpaired) electrons. The number of amides is 1. The number of carbonyl (C=O) groups is 1. The van der Waals surface area contributed by atoms with Crippen LogP contribution in [0.5, 0.6) is 0 Å². The second kappa shape index (κ2) is 6.93. The highest BCUT2D eigenvalue weighted by Crippen LogP contribution is 2.35. The van der Waals surface area contributed by atoms with Crippen LogP contribution in [0.3, 0.4) is 0 Å². The van der Waals surface area contributed by atoms with E-state index in [0.717, 1.165) is 21.3 Å². The van der Waals surface area contributed by atoms with Crippen molar-refractivity contribution in [2.75, 3.05) is 4.90 Å². The Morgan fingerprint density at radius 3 is 2.33 bits per heavy atom. The van der Waals surface area contributed by atoms with Gasteiger partial charge in [-0.25, -0.2) is 9.37 Å². The lowest BCUT2D eigenvalue weighted by Crippen LogP contribution is -2.27. The number of benzene rings is 3. The van der Waals surface area contributed by atoms with E-state index in [0.29, 0.717) is 10.8 Å². The maximum Gasteiger partial charge on any atom is 0.267 e. The summed E-state index contributed by atoms with van der Waals surface area (Å²) in [6.45, 7) is 3.95. The summed E-state index contributed by atoms with van der Waals surface area (Å²) in [7, 11) is 0. The predicted molar refractivity (Wildman–Crippen MR) is 108 cm³/mol. The van der Waals surface area contributed by atoms with Gasteiger partial charge in [-0.2, -0.15) is 0 Å². The summed E-state index contributed by atoms with van der Waals surface area (Å²) in [5.41, 5.74) is 3.57. The van der Waals surface area contributed by atoms with Crippen LogP contribution in [-0.2, 0) is 0 Å². The number of rotatable bonds is 3. The molecule has 0 aliphatic carbocycles. The zero-order valence-corrected chi connectivity index (χ0v) is 15.8. The standard InChI is InChI=1S/C22H17FN2OS/c1-14-11-15(2)13-16(12-14)25(21(26)17-7-3-4-8-18(17)23)22-24-19-9-5-6-10-20(19)27-22/h3-13H,1-2H3. The van der Waals surface area contributed by atoms with Gasteiger partial charge >= 0.3 is 0 Å². The fourth-order valence-electron chi connectivity index (χ4n) is 3.11. The molecule has 1 aromatic heterocycles. The zero-order valence-electron chi connectivity index (χ0n) is 14.9. The highest BCUT2D eigenvalue weighted by atomic mass is 32.1. The predicted octanol–water partition coefficient (Wildman–Crippen LogP) is 6.03. The first-order valence-electron chi connectivity index (χ1n) is 8.56. The van der Waals surface area contributed by atoms with Gasteiger partial charge in [0.1, 0.15) is 5.82 Å². The number of aryl methyl sites for hydroxylation is 2. The molecule has 134 valence electrons. The summed E-state index contributed by atoms with van der Waals surface area (Å²) >= 11 is 1.41. The van der Waals surface area contributed by atoms with E-state index in [-0.39, 0.29) is 5.56 Å². The van der Waals surface area contributed by atoms with Gasteiger partial charge in [0.2, 0.25) is 0 Å². The highest BCUT2D eigenvalue weighted by Gasteiger charge is 2.25. The maximum atomic E-state index is 14.3. The normalized spacial score (nSPS) is 10.9. The summed E-state index contributed by atoms with van der Waals surface area (Å²) in [5.74, 6) is -0.977. The van der Waals surface area contributed by atoms with Crippen molar-refractivity contribution in [2.45, 2.75) is 13.8 Å². The third kappa shape index (κ3) is 3.34. The van der Waals surface area contributed by atoms with Crippen molar-refractivity contribution in [1.82, 2.24) is 4.98 Å². The van der Waals surface area contributed by atoms with Crippen molar-refractivity contribution < 1.29 is 9.18 Å². The van der Waals surface area contributed by atoms with Gasteiger partial charge in [0.25, 0.3) is 5.91 Å². The van der Waals surface area contributed by atoms with Crippen molar-refractivity contribution in [1.29, 1.82) is 0 Å². The second-order valence-corrected chi connectivity index (χ2v) is 7.44. The van der Waals surface area contributed by atoms with Crippen molar-refractivity contribution in [3.05, 3.63) is 89.2 Å². The molecule has 27 heavy (non-hydrogen) atoms. The molecule has 3 nitrogen and oxygen atoms in total. The van der Waals surface area contributed by atoms with Crippen molar-refractivity contribution in [3.63, 3.8) is 0 Å². The van der Waals surface area contributed by atoms with Crippen LogP contribution < -0.4 is 4.90 Å². The van der Waals surface area contributed by atoms with Crippen LogP contribution in [0.4, 0.5) is 15.2 Å². The first kappa shape index (κ1) is 17.4. The molecule has 0 aliphatic heterocycles. The molecule has 0 atom stereocenters. The number of hydrogen-bond acceptors (Lipinski definition) is 3. The third-order valence-corrected chi connectivity index (χ3v) is 5.27. The average Bonchev–Trinajstić information content (AvgIpc) is 3.04. The Balaban J connectivity index is 1.92. The number of hydrogen-bond donors (Lipinski definition) is 0. The van der Waals surface area contributed by atoms with E-state index in [1.54, 1.807) is 12.1 Å². The van der Waals surface area contributed by atoms with Crippen molar-refractivity contribution in [3.8, 4) is 0 Å². The lowest BCUT2D eigenvalue weighted by atomic mass is 10.1. The minimum atomic E-state index is -0.544. The Labute approximate surface area is 160 Å². The molecule has 1 heterocycles. The molecule has 0 N–H and O–H groups in total. The quantitative estimate of drug-likeness (QED) is 0.437. The third-order valence-electron chi connectivity index (χ3n) is 4.25. The maximum absolute atomic E-state index is 14.3. The van der Waals surface area contributed by atoms with E-state index >= 15 is 0 Å². The molecule has 0 bridgehead atoms. The Hall–Kier alpha value is -3.05. The summed E-state index contributed by atoms with van der Waals surface area (Å²) in [6.07, 6.45) is 0. The van der Waals surface area contributed by atoms with Crippen LogP contribution in [-0.4, -0.2) is 10.9 Å². The number of para-hydroxylation sites is 1. The van der Waals surface area contributed by atoms with Crippen molar-refractivity contribution >= 4 is 38.3 Å². The monoisotopic (exact) mass is 376 g/mol. The fourth-order valence-corrected chi connectivity index (χ4v) is 4.09. The van der Waals surface area contributed by atoms with E-state index in [1.165, 1.54) is 28.4 Å². The molecular weight excluding hydrogens is 359 g/mol. The molecule has 0 unspecified atom stereocenters. The lowest BCUT2D eigenvalue weighted by molar-refractivity contribution is 0.0995. The van der Waals surface area contributed by atoms with Crippen LogP contribution >= 0.6 is 11.3 Å². The second-order valence-electron chi connectivity index (χ2n) is 6.43.